The standard InChI is InChI=1S/C15H20FNO4S/c16-13-4-1-3-12(9-13)15-10-20-8-6-17(15)22(18,19)11-14-5-2-7-21-14/h1,3-4,9,14-15H,2,5-8,10-11H2. The fraction of sp³-hybridized carbons (Fsp3) is 0.600. The first-order chi connectivity index (χ1) is 10.6. The van der Waals surface area contributed by atoms with Crippen molar-refractivity contribution < 1.29 is 22.3 Å². The van der Waals surface area contributed by atoms with Crippen molar-refractivity contribution in [1.82, 2.24) is 4.31 Å². The SMILES string of the molecule is O=S(=O)(CC1CCCO1)N1CCOCC1c1cccc(F)c1. The van der Waals surface area contributed by atoms with Crippen molar-refractivity contribution in [2.45, 2.75) is 25.0 Å². The molecule has 0 radical (unpaired) electrons. The second-order valence-electron chi connectivity index (χ2n) is 5.67. The van der Waals surface area contributed by atoms with Crippen LogP contribution < -0.4 is 0 Å². The Kier molecular flexibility index (Phi) is 4.77. The molecule has 0 spiro atoms. The van der Waals surface area contributed by atoms with Crippen molar-refractivity contribution in [3.8, 4) is 0 Å². The number of sulfonamides is 1. The number of morpholine rings is 1. The van der Waals surface area contributed by atoms with Gasteiger partial charge in [0.25, 0.3) is 0 Å². The molecular formula is C15H20FNO4S. The molecule has 22 heavy (non-hydrogen) atoms. The van der Waals surface area contributed by atoms with Crippen molar-refractivity contribution in [3.63, 3.8) is 0 Å². The van der Waals surface area contributed by atoms with E-state index in [9.17, 15) is 12.8 Å². The lowest BCUT2D eigenvalue weighted by molar-refractivity contribution is 0.0311. The fourth-order valence-corrected chi connectivity index (χ4v) is 4.85. The lowest BCUT2D eigenvalue weighted by atomic mass is 10.1. The summed E-state index contributed by atoms with van der Waals surface area (Å²) in [5.41, 5.74) is 0.621. The monoisotopic (exact) mass is 329 g/mol. The molecule has 0 amide bonds. The molecule has 0 aromatic heterocycles. The molecule has 2 fully saturated rings. The van der Waals surface area contributed by atoms with Crippen LogP contribution in [0.1, 0.15) is 24.4 Å². The molecular weight excluding hydrogens is 309 g/mol. The first-order valence-corrected chi connectivity index (χ1v) is 9.11. The topological polar surface area (TPSA) is 55.8 Å². The molecule has 0 aliphatic carbocycles. The lowest BCUT2D eigenvalue weighted by Gasteiger charge is -2.35. The maximum absolute atomic E-state index is 13.4. The molecule has 2 aliphatic heterocycles. The van der Waals surface area contributed by atoms with Crippen molar-refractivity contribution in [3.05, 3.63) is 35.6 Å². The molecule has 2 aliphatic rings. The summed E-state index contributed by atoms with van der Waals surface area (Å²) in [5.74, 6) is -0.390. The Morgan fingerprint density at radius 3 is 2.91 bits per heavy atom. The molecule has 5 nitrogen and oxygen atoms in total. The average molecular weight is 329 g/mol. The van der Waals surface area contributed by atoms with E-state index in [2.05, 4.69) is 0 Å². The van der Waals surface area contributed by atoms with E-state index in [4.69, 9.17) is 9.47 Å². The Labute approximate surface area is 130 Å². The maximum Gasteiger partial charge on any atom is 0.217 e. The summed E-state index contributed by atoms with van der Waals surface area (Å²) in [6.45, 7) is 1.51. The van der Waals surface area contributed by atoms with Crippen LogP contribution in [-0.4, -0.2) is 50.9 Å². The van der Waals surface area contributed by atoms with Crippen molar-refractivity contribution in [2.75, 3.05) is 32.1 Å². The Bertz CT molecular complexity index is 616. The number of nitrogens with zero attached hydrogens (tertiary/aromatic N) is 1. The molecule has 0 N–H and O–H groups in total. The van der Waals surface area contributed by atoms with Crippen molar-refractivity contribution in [2.24, 2.45) is 0 Å². The molecule has 2 atom stereocenters. The zero-order valence-corrected chi connectivity index (χ0v) is 13.1. The number of ether oxygens (including phenoxy) is 2. The molecule has 3 rings (SSSR count). The Balaban J connectivity index is 1.82. The van der Waals surface area contributed by atoms with Crippen LogP contribution in [0.4, 0.5) is 4.39 Å². The first kappa shape index (κ1) is 15.9. The van der Waals surface area contributed by atoms with Crippen LogP contribution in [0, 0.1) is 5.82 Å². The first-order valence-electron chi connectivity index (χ1n) is 7.50. The highest BCUT2D eigenvalue weighted by Gasteiger charge is 2.36. The summed E-state index contributed by atoms with van der Waals surface area (Å²) in [6, 6.07) is 5.56. The third-order valence-corrected chi connectivity index (χ3v) is 6.04. The van der Waals surface area contributed by atoms with E-state index in [1.54, 1.807) is 12.1 Å². The van der Waals surface area contributed by atoms with E-state index in [0.717, 1.165) is 12.8 Å². The van der Waals surface area contributed by atoms with Gasteiger partial charge < -0.3 is 9.47 Å². The van der Waals surface area contributed by atoms with E-state index < -0.39 is 16.1 Å². The fourth-order valence-electron chi connectivity index (χ4n) is 3.00. The Morgan fingerprint density at radius 2 is 2.18 bits per heavy atom. The summed E-state index contributed by atoms with van der Waals surface area (Å²) >= 11 is 0. The van der Waals surface area contributed by atoms with Crippen LogP contribution in [-0.2, 0) is 19.5 Å². The summed E-state index contributed by atoms with van der Waals surface area (Å²) in [4.78, 5) is 0. The zero-order chi connectivity index (χ0) is 15.6. The van der Waals surface area contributed by atoms with Crippen molar-refractivity contribution in [1.29, 1.82) is 0 Å². The minimum absolute atomic E-state index is 0.0151. The third-order valence-electron chi connectivity index (χ3n) is 4.09. The minimum Gasteiger partial charge on any atom is -0.378 e. The van der Waals surface area contributed by atoms with E-state index in [0.29, 0.717) is 18.8 Å². The molecule has 2 unspecified atom stereocenters. The van der Waals surface area contributed by atoms with Gasteiger partial charge >= 0.3 is 0 Å². The molecule has 122 valence electrons. The number of hydrogen-bond acceptors (Lipinski definition) is 4. The normalized spacial score (nSPS) is 27.1. The highest BCUT2D eigenvalue weighted by Crippen LogP contribution is 2.29. The van der Waals surface area contributed by atoms with E-state index in [-0.39, 0.29) is 30.8 Å². The number of hydrogen-bond donors (Lipinski definition) is 0. The summed E-state index contributed by atoms with van der Waals surface area (Å²) in [7, 11) is -3.47. The predicted octanol–water partition coefficient (Wildman–Crippen LogP) is 1.71. The number of benzene rings is 1. The van der Waals surface area contributed by atoms with Gasteiger partial charge in [-0.2, -0.15) is 4.31 Å². The number of halogens is 1. The summed E-state index contributed by atoms with van der Waals surface area (Å²) in [5, 5.41) is 0. The van der Waals surface area contributed by atoms with E-state index >= 15 is 0 Å². The van der Waals surface area contributed by atoms with Gasteiger partial charge in [-0.05, 0) is 30.5 Å². The van der Waals surface area contributed by atoms with Crippen LogP contribution in [0.3, 0.4) is 0 Å². The highest BCUT2D eigenvalue weighted by molar-refractivity contribution is 7.89. The number of rotatable bonds is 4. The van der Waals surface area contributed by atoms with Crippen LogP contribution in [0.2, 0.25) is 0 Å². The van der Waals surface area contributed by atoms with Crippen LogP contribution in [0.5, 0.6) is 0 Å². The van der Waals surface area contributed by atoms with Gasteiger partial charge in [0.15, 0.2) is 0 Å². The van der Waals surface area contributed by atoms with Gasteiger partial charge in [-0.3, -0.25) is 0 Å². The van der Waals surface area contributed by atoms with Gasteiger partial charge in [0.1, 0.15) is 5.82 Å². The van der Waals surface area contributed by atoms with Crippen LogP contribution in [0.15, 0.2) is 24.3 Å². The van der Waals surface area contributed by atoms with Gasteiger partial charge in [0.2, 0.25) is 10.0 Å². The second-order valence-corrected chi connectivity index (χ2v) is 7.64. The van der Waals surface area contributed by atoms with E-state index in [1.165, 1.54) is 16.4 Å². The van der Waals surface area contributed by atoms with E-state index in [1.807, 2.05) is 0 Å². The molecule has 7 heteroatoms. The molecule has 2 saturated heterocycles. The molecule has 0 bridgehead atoms. The van der Waals surface area contributed by atoms with Gasteiger partial charge in [-0.15, -0.1) is 0 Å². The highest BCUT2D eigenvalue weighted by atomic mass is 32.2. The third kappa shape index (κ3) is 3.48. The van der Waals surface area contributed by atoms with Crippen LogP contribution >= 0.6 is 0 Å². The largest absolute Gasteiger partial charge is 0.378 e. The van der Waals surface area contributed by atoms with Gasteiger partial charge in [0.05, 0.1) is 31.1 Å². The molecule has 1 aromatic rings. The van der Waals surface area contributed by atoms with Gasteiger partial charge in [-0.1, -0.05) is 12.1 Å². The minimum atomic E-state index is -3.47. The smallest absolute Gasteiger partial charge is 0.217 e. The van der Waals surface area contributed by atoms with Crippen LogP contribution in [0.25, 0.3) is 0 Å². The predicted molar refractivity (Wildman–Crippen MR) is 79.4 cm³/mol. The molecule has 1 aromatic carbocycles. The molecule has 0 saturated carbocycles. The average Bonchev–Trinajstić information content (AvgIpc) is 2.99. The van der Waals surface area contributed by atoms with Gasteiger partial charge in [-0.25, -0.2) is 12.8 Å². The van der Waals surface area contributed by atoms with Crippen molar-refractivity contribution >= 4 is 10.0 Å². The molecule has 2 heterocycles. The Morgan fingerprint density at radius 1 is 1.32 bits per heavy atom. The maximum atomic E-state index is 13.4. The summed E-state index contributed by atoms with van der Waals surface area (Å²) in [6.07, 6.45) is 1.44. The second kappa shape index (κ2) is 6.62. The lowest BCUT2D eigenvalue weighted by Crippen LogP contribution is -2.45. The summed E-state index contributed by atoms with van der Waals surface area (Å²) < 4.78 is 51.2. The van der Waals surface area contributed by atoms with Gasteiger partial charge in [0, 0.05) is 13.2 Å². The Hall–Kier alpha value is -1.02. The zero-order valence-electron chi connectivity index (χ0n) is 12.3. The quantitative estimate of drug-likeness (QED) is 0.844.